The van der Waals surface area contributed by atoms with E-state index in [1.54, 1.807) is 12.1 Å². The van der Waals surface area contributed by atoms with Crippen molar-refractivity contribution in [2.75, 3.05) is 23.4 Å². The predicted octanol–water partition coefficient (Wildman–Crippen LogP) is 2.05. The zero-order chi connectivity index (χ0) is 13.3. The van der Waals surface area contributed by atoms with Crippen molar-refractivity contribution in [3.8, 4) is 0 Å². The SMILES string of the molecule is CCC1CCCN1c1ccc(S(C)(=O)=O)cc1N. The molecular formula is C13H20N2O2S. The first-order valence-electron chi connectivity index (χ1n) is 6.29. The van der Waals surface area contributed by atoms with Crippen molar-refractivity contribution < 1.29 is 8.42 Å². The maximum absolute atomic E-state index is 11.5. The molecule has 1 heterocycles. The highest BCUT2D eigenvalue weighted by atomic mass is 32.2. The molecule has 0 bridgehead atoms. The largest absolute Gasteiger partial charge is 0.397 e. The quantitative estimate of drug-likeness (QED) is 0.852. The van der Waals surface area contributed by atoms with Crippen LogP contribution < -0.4 is 10.6 Å². The smallest absolute Gasteiger partial charge is 0.175 e. The van der Waals surface area contributed by atoms with E-state index in [4.69, 9.17) is 5.73 Å². The summed E-state index contributed by atoms with van der Waals surface area (Å²) < 4.78 is 22.9. The molecule has 0 saturated carbocycles. The van der Waals surface area contributed by atoms with Crippen LogP contribution in [0, 0.1) is 0 Å². The number of anilines is 2. The molecule has 4 nitrogen and oxygen atoms in total. The van der Waals surface area contributed by atoms with Crippen molar-refractivity contribution in [2.24, 2.45) is 0 Å². The van der Waals surface area contributed by atoms with Crippen LogP contribution >= 0.6 is 0 Å². The van der Waals surface area contributed by atoms with Crippen LogP contribution in [0.15, 0.2) is 23.1 Å². The molecule has 100 valence electrons. The molecule has 1 aromatic carbocycles. The molecule has 18 heavy (non-hydrogen) atoms. The van der Waals surface area contributed by atoms with Gasteiger partial charge in [0, 0.05) is 18.8 Å². The lowest BCUT2D eigenvalue weighted by atomic mass is 10.1. The maximum Gasteiger partial charge on any atom is 0.175 e. The third-order valence-corrected chi connectivity index (χ3v) is 4.70. The highest BCUT2D eigenvalue weighted by Crippen LogP contribution is 2.32. The summed E-state index contributed by atoms with van der Waals surface area (Å²) >= 11 is 0. The van der Waals surface area contributed by atoms with Gasteiger partial charge in [0.25, 0.3) is 0 Å². The third-order valence-electron chi connectivity index (χ3n) is 3.58. The number of hydrogen-bond donors (Lipinski definition) is 1. The standard InChI is InChI=1S/C13H20N2O2S/c1-3-10-5-4-8-15(10)13-7-6-11(9-12(13)14)18(2,16)17/h6-7,9-10H,3-5,8,14H2,1-2H3. The first-order chi connectivity index (χ1) is 8.43. The molecule has 1 fully saturated rings. The predicted molar refractivity (Wildman–Crippen MR) is 74.6 cm³/mol. The number of benzene rings is 1. The van der Waals surface area contributed by atoms with Gasteiger partial charge in [0.05, 0.1) is 16.3 Å². The van der Waals surface area contributed by atoms with E-state index < -0.39 is 9.84 Å². The zero-order valence-electron chi connectivity index (χ0n) is 10.9. The fourth-order valence-corrected chi connectivity index (χ4v) is 3.26. The lowest BCUT2D eigenvalue weighted by molar-refractivity contribution is 0.602. The Kier molecular flexibility index (Phi) is 3.52. The lowest BCUT2D eigenvalue weighted by Gasteiger charge is -2.27. The number of sulfone groups is 1. The van der Waals surface area contributed by atoms with Crippen molar-refractivity contribution in [2.45, 2.75) is 37.1 Å². The third kappa shape index (κ3) is 2.46. The molecule has 0 amide bonds. The Hall–Kier alpha value is -1.23. The summed E-state index contributed by atoms with van der Waals surface area (Å²) in [6, 6.07) is 5.57. The van der Waals surface area contributed by atoms with Crippen LogP contribution in [-0.4, -0.2) is 27.3 Å². The van der Waals surface area contributed by atoms with Crippen LogP contribution in [-0.2, 0) is 9.84 Å². The van der Waals surface area contributed by atoms with Crippen molar-refractivity contribution in [3.05, 3.63) is 18.2 Å². The van der Waals surface area contributed by atoms with Crippen molar-refractivity contribution in [1.29, 1.82) is 0 Å². The van der Waals surface area contributed by atoms with E-state index in [1.807, 2.05) is 6.07 Å². The number of nitrogens with two attached hydrogens (primary N) is 1. The Balaban J connectivity index is 2.36. The Morgan fingerprint density at radius 1 is 1.44 bits per heavy atom. The number of rotatable bonds is 3. The zero-order valence-corrected chi connectivity index (χ0v) is 11.7. The summed E-state index contributed by atoms with van der Waals surface area (Å²) in [6.07, 6.45) is 4.65. The van der Waals surface area contributed by atoms with Gasteiger partial charge < -0.3 is 10.6 Å². The van der Waals surface area contributed by atoms with Gasteiger partial charge in [0.2, 0.25) is 0 Å². The van der Waals surface area contributed by atoms with Crippen LogP contribution in [0.2, 0.25) is 0 Å². The molecule has 0 aromatic heterocycles. The maximum atomic E-state index is 11.5. The monoisotopic (exact) mass is 268 g/mol. The summed E-state index contributed by atoms with van der Waals surface area (Å²) in [6.45, 7) is 3.17. The first kappa shape index (κ1) is 13.2. The van der Waals surface area contributed by atoms with Gasteiger partial charge >= 0.3 is 0 Å². The lowest BCUT2D eigenvalue weighted by Crippen LogP contribution is -2.29. The van der Waals surface area contributed by atoms with Gasteiger partial charge in [0.15, 0.2) is 9.84 Å². The van der Waals surface area contributed by atoms with Crippen LogP contribution in [0.5, 0.6) is 0 Å². The van der Waals surface area contributed by atoms with Crippen molar-refractivity contribution in [1.82, 2.24) is 0 Å². The minimum atomic E-state index is -3.18. The molecule has 1 aromatic rings. The molecule has 1 aliphatic heterocycles. The van der Waals surface area contributed by atoms with Gasteiger partial charge in [-0.1, -0.05) is 6.92 Å². The van der Waals surface area contributed by atoms with Gasteiger partial charge in [-0.2, -0.15) is 0 Å². The molecule has 1 atom stereocenters. The number of nitrogens with zero attached hydrogens (tertiary/aromatic N) is 1. The summed E-state index contributed by atoms with van der Waals surface area (Å²) in [4.78, 5) is 2.58. The molecule has 0 radical (unpaired) electrons. The minimum Gasteiger partial charge on any atom is -0.397 e. The summed E-state index contributed by atoms with van der Waals surface area (Å²) in [7, 11) is -3.18. The van der Waals surface area contributed by atoms with Gasteiger partial charge in [-0.3, -0.25) is 0 Å². The van der Waals surface area contributed by atoms with Crippen LogP contribution in [0.25, 0.3) is 0 Å². The van der Waals surface area contributed by atoms with Crippen LogP contribution in [0.4, 0.5) is 11.4 Å². The van der Waals surface area contributed by atoms with E-state index in [0.29, 0.717) is 11.7 Å². The number of nitrogen functional groups attached to an aromatic ring is 1. The number of hydrogen-bond acceptors (Lipinski definition) is 4. The molecule has 2 rings (SSSR count). The second-order valence-electron chi connectivity index (χ2n) is 4.89. The van der Waals surface area contributed by atoms with E-state index in [2.05, 4.69) is 11.8 Å². The summed E-state index contributed by atoms with van der Waals surface area (Å²) in [5.74, 6) is 0. The van der Waals surface area contributed by atoms with Gasteiger partial charge in [-0.15, -0.1) is 0 Å². The topological polar surface area (TPSA) is 63.4 Å². The normalized spacial score (nSPS) is 20.3. The second kappa shape index (κ2) is 4.80. The Morgan fingerprint density at radius 2 is 2.17 bits per heavy atom. The highest BCUT2D eigenvalue weighted by molar-refractivity contribution is 7.90. The van der Waals surface area contributed by atoms with Crippen LogP contribution in [0.3, 0.4) is 0 Å². The molecule has 2 N–H and O–H groups in total. The Labute approximate surface area is 109 Å². The highest BCUT2D eigenvalue weighted by Gasteiger charge is 2.24. The summed E-state index contributed by atoms with van der Waals surface area (Å²) in [5, 5.41) is 0. The van der Waals surface area contributed by atoms with E-state index in [9.17, 15) is 8.42 Å². The van der Waals surface area contributed by atoms with Crippen molar-refractivity contribution in [3.63, 3.8) is 0 Å². The first-order valence-corrected chi connectivity index (χ1v) is 8.19. The van der Waals surface area contributed by atoms with Crippen LogP contribution in [0.1, 0.15) is 26.2 Å². The van der Waals surface area contributed by atoms with E-state index in [0.717, 1.165) is 18.7 Å². The fourth-order valence-electron chi connectivity index (χ4n) is 2.60. The summed E-state index contributed by atoms with van der Waals surface area (Å²) in [5.41, 5.74) is 7.53. The Morgan fingerprint density at radius 3 is 2.72 bits per heavy atom. The average molecular weight is 268 g/mol. The van der Waals surface area contributed by atoms with Gasteiger partial charge in [0.1, 0.15) is 0 Å². The molecular weight excluding hydrogens is 248 g/mol. The molecule has 1 unspecified atom stereocenters. The Bertz CT molecular complexity index is 540. The second-order valence-corrected chi connectivity index (χ2v) is 6.91. The fraction of sp³-hybridized carbons (Fsp3) is 0.538. The molecule has 0 aliphatic carbocycles. The van der Waals surface area contributed by atoms with E-state index >= 15 is 0 Å². The minimum absolute atomic E-state index is 0.288. The van der Waals surface area contributed by atoms with E-state index in [-0.39, 0.29) is 4.90 Å². The van der Waals surface area contributed by atoms with Gasteiger partial charge in [-0.25, -0.2) is 8.42 Å². The molecule has 1 aliphatic rings. The van der Waals surface area contributed by atoms with Crippen molar-refractivity contribution >= 4 is 21.2 Å². The molecule has 1 saturated heterocycles. The average Bonchev–Trinajstić information content (AvgIpc) is 2.75. The van der Waals surface area contributed by atoms with Gasteiger partial charge in [-0.05, 0) is 37.5 Å². The van der Waals surface area contributed by atoms with E-state index in [1.165, 1.54) is 19.1 Å². The molecule has 5 heteroatoms. The molecule has 0 spiro atoms.